The number of ether oxygens (including phenoxy) is 1. The third-order valence-corrected chi connectivity index (χ3v) is 3.26. The van der Waals surface area contributed by atoms with Crippen LogP contribution in [0.4, 0.5) is 0 Å². The molecule has 1 heterocycles. The van der Waals surface area contributed by atoms with Gasteiger partial charge in [-0.05, 0) is 35.0 Å². The summed E-state index contributed by atoms with van der Waals surface area (Å²) >= 11 is 0. The Labute approximate surface area is 113 Å². The number of nitrogens with one attached hydrogen (secondary N) is 1. The minimum Gasteiger partial charge on any atom is -0.506 e. The fourth-order valence-electron chi connectivity index (χ4n) is 2.23. The van der Waals surface area contributed by atoms with Crippen LogP contribution in [0.5, 0.6) is 11.5 Å². The summed E-state index contributed by atoms with van der Waals surface area (Å²) < 4.78 is 5.01. The fraction of sp³-hybridized carbons (Fsp3) is 0.0667. The lowest BCUT2D eigenvalue weighted by atomic mass is 10.0. The molecule has 0 atom stereocenters. The van der Waals surface area contributed by atoms with Crippen LogP contribution in [-0.2, 0) is 0 Å². The molecule has 0 amide bonds. The number of aromatic amines is 1. The van der Waals surface area contributed by atoms with Crippen molar-refractivity contribution in [1.29, 1.82) is 5.26 Å². The highest BCUT2D eigenvalue weighted by molar-refractivity contribution is 6.00. The van der Waals surface area contributed by atoms with Crippen LogP contribution in [-0.4, -0.2) is 17.2 Å². The molecule has 5 nitrogen and oxygen atoms in total. The first kappa shape index (κ1) is 12.1. The molecule has 0 aliphatic rings. The largest absolute Gasteiger partial charge is 0.506 e. The fourth-order valence-corrected chi connectivity index (χ4v) is 2.23. The van der Waals surface area contributed by atoms with E-state index in [1.54, 1.807) is 18.2 Å². The zero-order valence-corrected chi connectivity index (χ0v) is 10.6. The second-order valence-corrected chi connectivity index (χ2v) is 4.41. The number of aromatic hydroxyl groups is 1. The molecule has 3 rings (SSSR count). The zero-order chi connectivity index (χ0) is 14.3. The molecule has 0 radical (unpaired) electrons. The topological polar surface area (TPSA) is 86.1 Å². The van der Waals surface area contributed by atoms with E-state index in [0.29, 0.717) is 10.9 Å². The highest BCUT2D eigenvalue weighted by Crippen LogP contribution is 2.30. The number of rotatable bonds is 1. The van der Waals surface area contributed by atoms with Gasteiger partial charge in [0.05, 0.1) is 7.11 Å². The average Bonchev–Trinajstić information content (AvgIpc) is 2.45. The van der Waals surface area contributed by atoms with E-state index >= 15 is 0 Å². The molecule has 0 unspecified atom stereocenters. The molecule has 98 valence electrons. The van der Waals surface area contributed by atoms with Gasteiger partial charge in [-0.3, -0.25) is 4.79 Å². The summed E-state index contributed by atoms with van der Waals surface area (Å²) in [5.74, 6) is 0.171. The Morgan fingerprint density at radius 1 is 1.25 bits per heavy atom. The van der Waals surface area contributed by atoms with Crippen LogP contribution in [0.2, 0.25) is 0 Å². The number of hydrogen-bond donors (Lipinski definition) is 2. The van der Waals surface area contributed by atoms with Gasteiger partial charge in [-0.2, -0.15) is 5.26 Å². The molecule has 0 saturated carbocycles. The monoisotopic (exact) mass is 266 g/mol. The molecule has 3 aromatic rings. The number of fused-ring (bicyclic) bond motifs is 2. The molecule has 0 fully saturated rings. The first-order chi connectivity index (χ1) is 9.63. The maximum absolute atomic E-state index is 11.7. The molecule has 0 bridgehead atoms. The van der Waals surface area contributed by atoms with Crippen LogP contribution in [0, 0.1) is 11.3 Å². The number of pyridine rings is 1. The Morgan fingerprint density at radius 2 is 2.00 bits per heavy atom. The van der Waals surface area contributed by atoms with Crippen LogP contribution in [0.3, 0.4) is 0 Å². The molecular formula is C15H10N2O3. The summed E-state index contributed by atoms with van der Waals surface area (Å²) in [7, 11) is 1.43. The minimum absolute atomic E-state index is 0.0756. The van der Waals surface area contributed by atoms with Crippen molar-refractivity contribution in [2.75, 3.05) is 7.11 Å². The van der Waals surface area contributed by atoms with E-state index in [-0.39, 0.29) is 22.5 Å². The SMILES string of the molecule is COc1cc2cc3c(O)c(C#N)c[nH]c3cc2cc1=O. The smallest absolute Gasteiger partial charge is 0.220 e. The van der Waals surface area contributed by atoms with Crippen LogP contribution in [0.1, 0.15) is 5.56 Å². The van der Waals surface area contributed by atoms with Gasteiger partial charge >= 0.3 is 0 Å². The molecule has 2 N–H and O–H groups in total. The van der Waals surface area contributed by atoms with Crippen molar-refractivity contribution in [2.24, 2.45) is 0 Å². The lowest BCUT2D eigenvalue weighted by Gasteiger charge is -2.07. The third-order valence-electron chi connectivity index (χ3n) is 3.26. The maximum atomic E-state index is 11.7. The molecular weight excluding hydrogens is 256 g/mol. The highest BCUT2D eigenvalue weighted by Gasteiger charge is 2.09. The van der Waals surface area contributed by atoms with Crippen LogP contribution < -0.4 is 10.2 Å². The molecule has 0 aliphatic carbocycles. The summed E-state index contributed by atoms with van der Waals surface area (Å²) in [4.78, 5) is 14.7. The first-order valence-corrected chi connectivity index (χ1v) is 5.90. The van der Waals surface area contributed by atoms with Crippen LogP contribution >= 0.6 is 0 Å². The van der Waals surface area contributed by atoms with E-state index in [4.69, 9.17) is 10.00 Å². The van der Waals surface area contributed by atoms with Crippen molar-refractivity contribution < 1.29 is 9.84 Å². The van der Waals surface area contributed by atoms with Crippen molar-refractivity contribution in [2.45, 2.75) is 0 Å². The van der Waals surface area contributed by atoms with E-state index < -0.39 is 0 Å². The van der Waals surface area contributed by atoms with Crippen molar-refractivity contribution in [3.05, 3.63) is 46.2 Å². The quantitative estimate of drug-likeness (QED) is 0.661. The number of H-pyrrole nitrogens is 1. The molecule has 0 aliphatic heterocycles. The van der Waals surface area contributed by atoms with E-state index in [1.165, 1.54) is 19.4 Å². The first-order valence-electron chi connectivity index (χ1n) is 5.90. The van der Waals surface area contributed by atoms with Crippen molar-refractivity contribution >= 4 is 21.7 Å². The number of benzene rings is 2. The van der Waals surface area contributed by atoms with Crippen molar-refractivity contribution in [1.82, 2.24) is 4.98 Å². The molecule has 1 aromatic heterocycles. The summed E-state index contributed by atoms with van der Waals surface area (Å²) in [5.41, 5.74) is 0.625. The Kier molecular flexibility index (Phi) is 2.58. The van der Waals surface area contributed by atoms with Gasteiger partial charge in [-0.1, -0.05) is 0 Å². The van der Waals surface area contributed by atoms with Gasteiger partial charge in [0.2, 0.25) is 5.43 Å². The van der Waals surface area contributed by atoms with Gasteiger partial charge in [-0.15, -0.1) is 0 Å². The number of nitrogens with zero attached hydrogens (tertiary/aromatic N) is 1. The number of methoxy groups -OCH3 is 1. The average molecular weight is 266 g/mol. The molecule has 0 spiro atoms. The number of aromatic nitrogens is 1. The van der Waals surface area contributed by atoms with Gasteiger partial charge in [0.25, 0.3) is 0 Å². The van der Waals surface area contributed by atoms with Gasteiger partial charge in [0.15, 0.2) is 5.75 Å². The zero-order valence-electron chi connectivity index (χ0n) is 10.6. The van der Waals surface area contributed by atoms with E-state index in [0.717, 1.165) is 10.8 Å². The summed E-state index contributed by atoms with van der Waals surface area (Å²) in [5, 5.41) is 21.0. The highest BCUT2D eigenvalue weighted by atomic mass is 16.5. The molecule has 0 saturated heterocycles. The van der Waals surface area contributed by atoms with Crippen molar-refractivity contribution in [3.8, 4) is 17.6 Å². The predicted molar refractivity (Wildman–Crippen MR) is 75.0 cm³/mol. The van der Waals surface area contributed by atoms with E-state index in [2.05, 4.69) is 4.98 Å². The summed E-state index contributed by atoms with van der Waals surface area (Å²) in [6, 6.07) is 8.49. The standard InChI is InChI=1S/C15H10N2O3/c1-20-14-5-8-2-11-12(3-9(8)4-13(14)18)17-7-10(6-16)15(11)19/h2-5,7,17,19H,1H3. The van der Waals surface area contributed by atoms with E-state index in [1.807, 2.05) is 6.07 Å². The Balaban J connectivity index is 2.44. The Hall–Kier alpha value is -3.00. The Bertz CT molecular complexity index is 936. The second-order valence-electron chi connectivity index (χ2n) is 4.41. The van der Waals surface area contributed by atoms with Gasteiger partial charge in [-0.25, -0.2) is 0 Å². The minimum atomic E-state index is -0.197. The normalized spacial score (nSPS) is 10.6. The molecule has 20 heavy (non-hydrogen) atoms. The molecule has 2 aromatic carbocycles. The lowest BCUT2D eigenvalue weighted by Crippen LogP contribution is -2.03. The third kappa shape index (κ3) is 1.67. The summed E-state index contributed by atoms with van der Waals surface area (Å²) in [6.07, 6.45) is 1.44. The number of nitriles is 1. The van der Waals surface area contributed by atoms with Gasteiger partial charge in [0, 0.05) is 17.1 Å². The number of hydrogen-bond acceptors (Lipinski definition) is 4. The second kappa shape index (κ2) is 4.28. The predicted octanol–water partition coefficient (Wildman–Crippen LogP) is 2.27. The lowest BCUT2D eigenvalue weighted by molar-refractivity contribution is 0.411. The van der Waals surface area contributed by atoms with Gasteiger partial charge < -0.3 is 14.8 Å². The van der Waals surface area contributed by atoms with Crippen LogP contribution in [0.15, 0.2) is 35.3 Å². The van der Waals surface area contributed by atoms with Crippen LogP contribution in [0.25, 0.3) is 21.7 Å². The summed E-state index contributed by atoms with van der Waals surface area (Å²) in [6.45, 7) is 0. The molecule has 5 heteroatoms. The maximum Gasteiger partial charge on any atom is 0.220 e. The van der Waals surface area contributed by atoms with Crippen molar-refractivity contribution in [3.63, 3.8) is 0 Å². The van der Waals surface area contributed by atoms with Gasteiger partial charge in [0.1, 0.15) is 17.4 Å². The van der Waals surface area contributed by atoms with E-state index in [9.17, 15) is 9.90 Å². The Morgan fingerprint density at radius 3 is 2.70 bits per heavy atom.